The van der Waals surface area contributed by atoms with Crippen LogP contribution in [0.25, 0.3) is 11.1 Å². The maximum Gasteiger partial charge on any atom is 0.416 e. The van der Waals surface area contributed by atoms with Gasteiger partial charge < -0.3 is 5.32 Å². The third-order valence-electron chi connectivity index (χ3n) is 4.59. The van der Waals surface area contributed by atoms with E-state index in [2.05, 4.69) is 15.8 Å². The number of carbonyl (C=O) groups excluding carboxylic acids is 1. The Kier molecular flexibility index (Phi) is 4.80. The fourth-order valence-corrected chi connectivity index (χ4v) is 3.26. The minimum absolute atomic E-state index is 0.207. The van der Waals surface area contributed by atoms with Crippen LogP contribution in [0.15, 0.2) is 77.9 Å². The van der Waals surface area contributed by atoms with Crippen LogP contribution in [0.3, 0.4) is 0 Å². The number of rotatable bonds is 4. The zero-order valence-corrected chi connectivity index (χ0v) is 15.1. The summed E-state index contributed by atoms with van der Waals surface area (Å²) in [5.74, 6) is -0.461. The molecule has 29 heavy (non-hydrogen) atoms. The van der Waals surface area contributed by atoms with Crippen molar-refractivity contribution in [2.75, 3.05) is 11.9 Å². The van der Waals surface area contributed by atoms with E-state index in [1.165, 1.54) is 12.1 Å². The normalized spacial score (nSPS) is 12.2. The first-order valence-electron chi connectivity index (χ1n) is 8.90. The highest BCUT2D eigenvalue weighted by Gasteiger charge is 2.30. The third-order valence-corrected chi connectivity index (χ3v) is 4.59. The molecular weight excluding hydrogens is 379 g/mol. The molecule has 3 aromatic rings. The van der Waals surface area contributed by atoms with E-state index in [0.717, 1.165) is 34.4 Å². The van der Waals surface area contributed by atoms with Crippen molar-refractivity contribution in [3.63, 3.8) is 0 Å². The van der Waals surface area contributed by atoms with Crippen LogP contribution in [-0.2, 0) is 11.0 Å². The van der Waals surface area contributed by atoms with E-state index in [9.17, 15) is 18.0 Å². The second-order valence-electron chi connectivity index (χ2n) is 6.52. The molecule has 0 aliphatic heterocycles. The lowest BCUT2D eigenvalue weighted by Crippen LogP contribution is -2.27. The molecule has 0 atom stereocenters. The van der Waals surface area contributed by atoms with Gasteiger partial charge in [-0.15, -0.1) is 0 Å². The Morgan fingerprint density at radius 3 is 2.00 bits per heavy atom. The van der Waals surface area contributed by atoms with Gasteiger partial charge in [0, 0.05) is 16.8 Å². The zero-order valence-electron chi connectivity index (χ0n) is 15.1. The highest BCUT2D eigenvalue weighted by Crippen LogP contribution is 2.36. The van der Waals surface area contributed by atoms with Crippen molar-refractivity contribution in [1.29, 1.82) is 0 Å². The summed E-state index contributed by atoms with van der Waals surface area (Å²) in [5.41, 5.74) is 6.49. The predicted octanol–water partition coefficient (Wildman–Crippen LogP) is 4.67. The van der Waals surface area contributed by atoms with Gasteiger partial charge in [-0.05, 0) is 29.3 Å². The summed E-state index contributed by atoms with van der Waals surface area (Å²) in [6.45, 7) is -0.207. The highest BCUT2D eigenvalue weighted by atomic mass is 19.4. The molecule has 146 valence electrons. The molecule has 2 N–H and O–H groups in total. The largest absolute Gasteiger partial charge is 0.416 e. The van der Waals surface area contributed by atoms with E-state index in [4.69, 9.17) is 0 Å². The number of fused-ring (bicyclic) bond motifs is 3. The second kappa shape index (κ2) is 7.43. The van der Waals surface area contributed by atoms with Crippen molar-refractivity contribution in [3.8, 4) is 11.1 Å². The first-order valence-corrected chi connectivity index (χ1v) is 8.90. The van der Waals surface area contributed by atoms with Crippen LogP contribution in [0.2, 0.25) is 0 Å². The predicted molar refractivity (Wildman–Crippen MR) is 106 cm³/mol. The number of nitrogens with one attached hydrogen (secondary N) is 2. The summed E-state index contributed by atoms with van der Waals surface area (Å²) in [7, 11) is 0. The molecule has 4 nitrogen and oxygen atoms in total. The van der Waals surface area contributed by atoms with Crippen molar-refractivity contribution in [2.24, 2.45) is 5.10 Å². The molecule has 1 aliphatic rings. The van der Waals surface area contributed by atoms with Crippen molar-refractivity contribution < 1.29 is 18.0 Å². The summed E-state index contributed by atoms with van der Waals surface area (Å²) in [6, 6.07) is 20.2. The Balaban J connectivity index is 1.47. The Labute approximate surface area is 165 Å². The maximum atomic E-state index is 12.8. The number of halogens is 3. The molecule has 0 aromatic heterocycles. The van der Waals surface area contributed by atoms with Gasteiger partial charge in [0.1, 0.15) is 0 Å². The van der Waals surface area contributed by atoms with Gasteiger partial charge in [-0.1, -0.05) is 54.6 Å². The van der Waals surface area contributed by atoms with Crippen molar-refractivity contribution >= 4 is 17.3 Å². The standard InChI is InChI=1S/C22H16F3N3O/c23-22(24,25)14-6-5-7-15(12-14)26-13-20(29)27-28-21-18-10-3-1-8-16(18)17-9-2-4-11-19(17)21/h1-12,26H,13H2,(H,27,29). The van der Waals surface area contributed by atoms with Gasteiger partial charge in [0.2, 0.25) is 0 Å². The van der Waals surface area contributed by atoms with Gasteiger partial charge in [0.15, 0.2) is 0 Å². The fourth-order valence-electron chi connectivity index (χ4n) is 3.26. The van der Waals surface area contributed by atoms with Gasteiger partial charge in [-0.3, -0.25) is 4.79 Å². The molecule has 0 fully saturated rings. The summed E-state index contributed by atoms with van der Waals surface area (Å²) < 4.78 is 38.3. The lowest BCUT2D eigenvalue weighted by atomic mass is 10.1. The molecule has 0 radical (unpaired) electrons. The summed E-state index contributed by atoms with van der Waals surface area (Å²) in [6.07, 6.45) is -4.44. The summed E-state index contributed by atoms with van der Waals surface area (Å²) in [4.78, 5) is 12.2. The Hall–Kier alpha value is -3.61. The number of hydrazone groups is 1. The molecule has 0 heterocycles. The first-order chi connectivity index (χ1) is 13.9. The fraction of sp³-hybridized carbons (Fsp3) is 0.0909. The van der Waals surface area contributed by atoms with Crippen LogP contribution < -0.4 is 10.7 Å². The minimum Gasteiger partial charge on any atom is -0.376 e. The van der Waals surface area contributed by atoms with Gasteiger partial charge in [0.05, 0.1) is 17.8 Å². The monoisotopic (exact) mass is 395 g/mol. The quantitative estimate of drug-likeness (QED) is 0.494. The topological polar surface area (TPSA) is 53.5 Å². The number of carbonyl (C=O) groups is 1. The molecule has 7 heteroatoms. The van der Waals surface area contributed by atoms with Crippen LogP contribution in [0.1, 0.15) is 16.7 Å². The molecule has 0 spiro atoms. The van der Waals surface area contributed by atoms with Gasteiger partial charge in [0.25, 0.3) is 5.91 Å². The van der Waals surface area contributed by atoms with E-state index >= 15 is 0 Å². The third kappa shape index (κ3) is 3.85. The maximum absolute atomic E-state index is 12.8. The van der Waals surface area contributed by atoms with Crippen LogP contribution in [0.4, 0.5) is 18.9 Å². The molecule has 0 saturated carbocycles. The Morgan fingerprint density at radius 2 is 1.41 bits per heavy atom. The SMILES string of the molecule is O=C(CNc1cccc(C(F)(F)F)c1)NN=C1c2ccccc2-c2ccccc21. The van der Waals surface area contributed by atoms with Gasteiger partial charge in [-0.2, -0.15) is 18.3 Å². The van der Waals surface area contributed by atoms with Crippen LogP contribution in [0.5, 0.6) is 0 Å². The lowest BCUT2D eigenvalue weighted by molar-refractivity contribution is -0.137. The summed E-state index contributed by atoms with van der Waals surface area (Å²) >= 11 is 0. The number of hydrogen-bond donors (Lipinski definition) is 2. The van der Waals surface area contributed by atoms with Crippen LogP contribution in [-0.4, -0.2) is 18.2 Å². The lowest BCUT2D eigenvalue weighted by Gasteiger charge is -2.10. The van der Waals surface area contributed by atoms with Crippen molar-refractivity contribution in [2.45, 2.75) is 6.18 Å². The smallest absolute Gasteiger partial charge is 0.376 e. The van der Waals surface area contributed by atoms with Crippen LogP contribution in [0, 0.1) is 0 Å². The molecule has 1 amide bonds. The molecule has 3 aromatic carbocycles. The molecule has 0 unspecified atom stereocenters. The number of anilines is 1. The van der Waals surface area contributed by atoms with E-state index in [1.807, 2.05) is 48.5 Å². The number of benzene rings is 3. The number of nitrogens with zero attached hydrogens (tertiary/aromatic N) is 1. The zero-order chi connectivity index (χ0) is 20.4. The molecule has 4 rings (SSSR count). The van der Waals surface area contributed by atoms with E-state index in [0.29, 0.717) is 5.71 Å². The number of amides is 1. The number of alkyl halides is 3. The van der Waals surface area contributed by atoms with E-state index in [1.54, 1.807) is 0 Å². The number of hydrogen-bond acceptors (Lipinski definition) is 3. The molecule has 0 bridgehead atoms. The van der Waals surface area contributed by atoms with Gasteiger partial charge in [-0.25, -0.2) is 5.43 Å². The van der Waals surface area contributed by atoms with Crippen LogP contribution >= 0.6 is 0 Å². The van der Waals surface area contributed by atoms with Crippen molar-refractivity contribution in [1.82, 2.24) is 5.43 Å². The Morgan fingerprint density at radius 1 is 0.828 bits per heavy atom. The Bertz CT molecular complexity index is 1060. The van der Waals surface area contributed by atoms with Gasteiger partial charge >= 0.3 is 6.18 Å². The average Bonchev–Trinajstić information content (AvgIpc) is 3.04. The highest BCUT2D eigenvalue weighted by molar-refractivity contribution is 6.24. The summed E-state index contributed by atoms with van der Waals surface area (Å²) in [5, 5.41) is 6.96. The van der Waals surface area contributed by atoms with Crippen molar-refractivity contribution in [3.05, 3.63) is 89.5 Å². The molecule has 0 saturated heterocycles. The second-order valence-corrected chi connectivity index (χ2v) is 6.52. The van der Waals surface area contributed by atoms with E-state index < -0.39 is 17.6 Å². The first kappa shape index (κ1) is 18.7. The minimum atomic E-state index is -4.44. The van der Waals surface area contributed by atoms with E-state index in [-0.39, 0.29) is 12.2 Å². The molecule has 1 aliphatic carbocycles. The molecular formula is C22H16F3N3O. The average molecular weight is 395 g/mol.